The lowest BCUT2D eigenvalue weighted by atomic mass is 10.0. The molecule has 0 atom stereocenters. The van der Waals surface area contributed by atoms with Crippen molar-refractivity contribution in [1.82, 2.24) is 0 Å². The van der Waals surface area contributed by atoms with Gasteiger partial charge in [0.25, 0.3) is 15.9 Å². The van der Waals surface area contributed by atoms with Gasteiger partial charge in [-0.15, -0.1) is 0 Å². The zero-order valence-electron chi connectivity index (χ0n) is 14.1. The Morgan fingerprint density at radius 2 is 1.84 bits per heavy atom. The monoisotopic (exact) mass is 358 g/mol. The number of sulfonamides is 1. The van der Waals surface area contributed by atoms with Crippen LogP contribution in [0, 0.1) is 0 Å². The van der Waals surface area contributed by atoms with Crippen LogP contribution in [-0.2, 0) is 14.8 Å². The number of ether oxygens (including phenoxy) is 1. The number of fused-ring (bicyclic) bond motifs is 1. The Balaban J connectivity index is 2.00. The fourth-order valence-corrected chi connectivity index (χ4v) is 4.00. The molecule has 0 spiro atoms. The van der Waals surface area contributed by atoms with E-state index < -0.39 is 10.0 Å². The lowest BCUT2D eigenvalue weighted by Crippen LogP contribution is -2.14. The van der Waals surface area contributed by atoms with Crippen LogP contribution in [0.5, 0.6) is 5.75 Å². The van der Waals surface area contributed by atoms with Crippen LogP contribution < -0.4 is 14.8 Å². The molecule has 0 fully saturated rings. The fourth-order valence-electron chi connectivity index (χ4n) is 2.78. The van der Waals surface area contributed by atoms with Gasteiger partial charge in [0.2, 0.25) is 0 Å². The van der Waals surface area contributed by atoms with E-state index in [-0.39, 0.29) is 16.6 Å². The minimum absolute atomic E-state index is 0.0506. The van der Waals surface area contributed by atoms with E-state index in [1.54, 1.807) is 36.4 Å². The summed E-state index contributed by atoms with van der Waals surface area (Å²) in [6, 6.07) is 11.3. The highest BCUT2D eigenvalue weighted by atomic mass is 32.2. The molecule has 0 saturated heterocycles. The van der Waals surface area contributed by atoms with E-state index in [9.17, 15) is 13.2 Å². The number of methoxy groups -OCH3 is 1. The number of para-hydroxylation sites is 1. The molecule has 25 heavy (non-hydrogen) atoms. The van der Waals surface area contributed by atoms with Crippen molar-refractivity contribution in [2.45, 2.75) is 18.7 Å². The number of rotatable bonds is 4. The van der Waals surface area contributed by atoms with E-state index in [1.165, 1.54) is 13.2 Å². The highest BCUT2D eigenvalue weighted by molar-refractivity contribution is 7.92. The van der Waals surface area contributed by atoms with Crippen molar-refractivity contribution in [2.75, 3.05) is 17.1 Å². The van der Waals surface area contributed by atoms with Gasteiger partial charge in [0.1, 0.15) is 10.6 Å². The molecule has 0 unspecified atom stereocenters. The first-order chi connectivity index (χ1) is 11.8. The number of carbonyl (C=O) groups excluding carboxylic acids is 1. The molecule has 2 N–H and O–H groups in total. The van der Waals surface area contributed by atoms with Crippen LogP contribution in [0.15, 0.2) is 52.9 Å². The standard InChI is InChI=1S/C18H18N2O4S/c1-11(2)17-13-10-12(8-9-14(13)19-18(17)21)20-25(22,23)16-7-5-4-6-15(16)24-3/h4-10,20H,1-3H3,(H,19,21). The highest BCUT2D eigenvalue weighted by Gasteiger charge is 2.26. The first-order valence-electron chi connectivity index (χ1n) is 7.62. The molecule has 7 heteroatoms. The highest BCUT2D eigenvalue weighted by Crippen LogP contribution is 2.36. The number of benzene rings is 2. The van der Waals surface area contributed by atoms with E-state index in [0.717, 1.165) is 5.57 Å². The average molecular weight is 358 g/mol. The van der Waals surface area contributed by atoms with Crippen molar-refractivity contribution in [1.29, 1.82) is 0 Å². The number of amides is 1. The first kappa shape index (κ1) is 17.0. The molecule has 3 rings (SSSR count). The third-order valence-corrected chi connectivity index (χ3v) is 5.30. The largest absolute Gasteiger partial charge is 0.495 e. The molecule has 0 saturated carbocycles. The Bertz CT molecular complexity index is 990. The van der Waals surface area contributed by atoms with Crippen molar-refractivity contribution < 1.29 is 17.9 Å². The number of nitrogens with one attached hydrogen (secondary N) is 2. The van der Waals surface area contributed by atoms with E-state index >= 15 is 0 Å². The second-order valence-electron chi connectivity index (χ2n) is 5.85. The smallest absolute Gasteiger partial charge is 0.265 e. The van der Waals surface area contributed by atoms with Crippen LogP contribution in [-0.4, -0.2) is 21.4 Å². The van der Waals surface area contributed by atoms with Gasteiger partial charge in [-0.1, -0.05) is 17.7 Å². The van der Waals surface area contributed by atoms with Crippen molar-refractivity contribution in [3.63, 3.8) is 0 Å². The Labute approximate surface area is 146 Å². The number of hydrogen-bond donors (Lipinski definition) is 2. The van der Waals surface area contributed by atoms with Gasteiger partial charge in [0.05, 0.1) is 7.11 Å². The molecule has 6 nitrogen and oxygen atoms in total. The van der Waals surface area contributed by atoms with Gasteiger partial charge >= 0.3 is 0 Å². The quantitative estimate of drug-likeness (QED) is 0.822. The predicted molar refractivity (Wildman–Crippen MR) is 97.1 cm³/mol. The summed E-state index contributed by atoms with van der Waals surface area (Å²) in [6.07, 6.45) is 0. The van der Waals surface area contributed by atoms with E-state index in [0.29, 0.717) is 22.5 Å². The summed E-state index contributed by atoms with van der Waals surface area (Å²) in [5.74, 6) is 0.0812. The maximum absolute atomic E-state index is 12.7. The number of allylic oxidation sites excluding steroid dienone is 1. The van der Waals surface area contributed by atoms with Gasteiger partial charge in [-0.3, -0.25) is 9.52 Å². The minimum atomic E-state index is -3.82. The summed E-state index contributed by atoms with van der Waals surface area (Å²) in [5, 5.41) is 2.77. The maximum atomic E-state index is 12.7. The van der Waals surface area contributed by atoms with Gasteiger partial charge in [-0.25, -0.2) is 8.42 Å². The van der Waals surface area contributed by atoms with Crippen LogP contribution in [0.1, 0.15) is 19.4 Å². The van der Waals surface area contributed by atoms with Crippen LogP contribution in [0.25, 0.3) is 5.57 Å². The van der Waals surface area contributed by atoms with Crippen LogP contribution in [0.3, 0.4) is 0 Å². The normalized spacial score (nSPS) is 13.2. The molecule has 2 aromatic rings. The third kappa shape index (κ3) is 3.10. The van der Waals surface area contributed by atoms with Crippen molar-refractivity contribution >= 4 is 32.9 Å². The molecule has 2 aromatic carbocycles. The van der Waals surface area contributed by atoms with Crippen molar-refractivity contribution in [2.24, 2.45) is 0 Å². The number of carbonyl (C=O) groups is 1. The Morgan fingerprint density at radius 3 is 2.52 bits per heavy atom. The van der Waals surface area contributed by atoms with Crippen molar-refractivity contribution in [3.8, 4) is 5.75 Å². The summed E-state index contributed by atoms with van der Waals surface area (Å²) < 4.78 is 33.0. The number of hydrogen-bond acceptors (Lipinski definition) is 4. The summed E-state index contributed by atoms with van der Waals surface area (Å²) in [4.78, 5) is 12.1. The average Bonchev–Trinajstić information content (AvgIpc) is 2.89. The molecule has 0 bridgehead atoms. The summed E-state index contributed by atoms with van der Waals surface area (Å²) in [5.41, 5.74) is 3.15. The SMILES string of the molecule is COc1ccccc1S(=O)(=O)Nc1ccc2c(c1)C(=C(C)C)C(=O)N2. The maximum Gasteiger partial charge on any atom is 0.265 e. The molecule has 1 heterocycles. The summed E-state index contributed by atoms with van der Waals surface area (Å²) in [6.45, 7) is 3.69. The number of anilines is 2. The zero-order valence-corrected chi connectivity index (χ0v) is 14.9. The molecule has 1 aliphatic heterocycles. The van der Waals surface area contributed by atoms with Gasteiger partial charge in [0, 0.05) is 22.5 Å². The van der Waals surface area contributed by atoms with Gasteiger partial charge in [-0.05, 0) is 44.2 Å². The zero-order chi connectivity index (χ0) is 18.2. The molecule has 0 radical (unpaired) electrons. The lowest BCUT2D eigenvalue weighted by Gasteiger charge is -2.12. The van der Waals surface area contributed by atoms with Gasteiger partial charge < -0.3 is 10.1 Å². The van der Waals surface area contributed by atoms with Gasteiger partial charge in [-0.2, -0.15) is 0 Å². The van der Waals surface area contributed by atoms with Crippen LogP contribution in [0.4, 0.5) is 11.4 Å². The molecular weight excluding hydrogens is 340 g/mol. The van der Waals surface area contributed by atoms with Gasteiger partial charge in [0.15, 0.2) is 0 Å². The van der Waals surface area contributed by atoms with Crippen molar-refractivity contribution in [3.05, 3.63) is 53.6 Å². The topological polar surface area (TPSA) is 84.5 Å². The first-order valence-corrected chi connectivity index (χ1v) is 9.11. The summed E-state index contributed by atoms with van der Waals surface area (Å²) in [7, 11) is -2.40. The van der Waals surface area contributed by atoms with Crippen LogP contribution >= 0.6 is 0 Å². The second-order valence-corrected chi connectivity index (χ2v) is 7.50. The molecule has 0 aliphatic carbocycles. The second kappa shape index (κ2) is 6.25. The minimum Gasteiger partial charge on any atom is -0.495 e. The summed E-state index contributed by atoms with van der Waals surface area (Å²) >= 11 is 0. The van der Waals surface area contributed by atoms with E-state index in [1.807, 2.05) is 13.8 Å². The van der Waals surface area contributed by atoms with E-state index in [4.69, 9.17) is 4.74 Å². The predicted octanol–water partition coefficient (Wildman–Crippen LogP) is 3.24. The molecule has 130 valence electrons. The molecule has 0 aromatic heterocycles. The Morgan fingerprint density at radius 1 is 1.12 bits per heavy atom. The molecular formula is C18H18N2O4S. The third-order valence-electron chi connectivity index (χ3n) is 3.87. The Kier molecular flexibility index (Phi) is 4.26. The van der Waals surface area contributed by atoms with E-state index in [2.05, 4.69) is 10.0 Å². The van der Waals surface area contributed by atoms with Crippen LogP contribution in [0.2, 0.25) is 0 Å². The fraction of sp³-hybridized carbons (Fsp3) is 0.167. The molecule has 1 amide bonds. The lowest BCUT2D eigenvalue weighted by molar-refractivity contribution is -0.110. The molecule has 1 aliphatic rings. The Hall–Kier alpha value is -2.80.